The number of rotatable bonds is 7. The smallest absolute Gasteiger partial charge is 0.295 e. The molecule has 1 aliphatic rings. The second-order valence-corrected chi connectivity index (χ2v) is 8.46. The third-order valence-corrected chi connectivity index (χ3v) is 6.41. The molecule has 0 aliphatic carbocycles. The predicted octanol–water partition coefficient (Wildman–Crippen LogP) is 4.02. The van der Waals surface area contributed by atoms with Crippen molar-refractivity contribution in [2.75, 3.05) is 32.1 Å². The monoisotopic (exact) mass is 464 g/mol. The van der Waals surface area contributed by atoms with Crippen molar-refractivity contribution in [3.63, 3.8) is 0 Å². The summed E-state index contributed by atoms with van der Waals surface area (Å²) in [7, 11) is 1.67. The van der Waals surface area contributed by atoms with Gasteiger partial charge in [-0.1, -0.05) is 35.9 Å². The van der Waals surface area contributed by atoms with E-state index in [4.69, 9.17) is 16.3 Å². The number of likely N-dealkylation sites (tertiary alicyclic amines) is 1. The Morgan fingerprint density at radius 1 is 1.18 bits per heavy atom. The number of ether oxygens (including phenoxy) is 1. The van der Waals surface area contributed by atoms with Crippen LogP contribution in [0.3, 0.4) is 0 Å². The molecule has 3 heterocycles. The molecule has 1 fully saturated rings. The minimum Gasteiger partial charge on any atom is -0.497 e. The number of hydrogen-bond donors (Lipinski definition) is 2. The van der Waals surface area contributed by atoms with Gasteiger partial charge in [-0.05, 0) is 55.8 Å². The molecule has 1 unspecified atom stereocenters. The highest BCUT2D eigenvalue weighted by atomic mass is 35.5. The molecule has 0 saturated carbocycles. The standard InChI is InChI=1S/C24H25ClN6O2/c1-33-17-8-6-7-16(13-17)21(30-11-4-5-12-30)15-26-20-14-27-31(23(32)22(20)25)24-28-18-9-2-3-10-19(18)29-24/h2-3,6-10,13-14,21,26H,4-5,11-12,15H2,1H3,(H,28,29). The highest BCUT2D eigenvalue weighted by molar-refractivity contribution is 6.32. The van der Waals surface area contributed by atoms with Crippen LogP contribution in [-0.4, -0.2) is 51.4 Å². The summed E-state index contributed by atoms with van der Waals surface area (Å²) in [6, 6.07) is 15.8. The van der Waals surface area contributed by atoms with Crippen molar-refractivity contribution in [3.05, 3.63) is 75.7 Å². The Morgan fingerprint density at radius 2 is 2.00 bits per heavy atom. The lowest BCUT2D eigenvalue weighted by molar-refractivity contribution is 0.255. The number of anilines is 1. The van der Waals surface area contributed by atoms with Gasteiger partial charge in [-0.2, -0.15) is 9.78 Å². The van der Waals surface area contributed by atoms with Crippen molar-refractivity contribution in [1.82, 2.24) is 24.6 Å². The Kier molecular flexibility index (Phi) is 6.02. The van der Waals surface area contributed by atoms with Crippen LogP contribution in [-0.2, 0) is 0 Å². The highest BCUT2D eigenvalue weighted by Crippen LogP contribution is 2.29. The molecule has 5 rings (SSSR count). The summed E-state index contributed by atoms with van der Waals surface area (Å²) in [5, 5.41) is 7.74. The normalized spacial score (nSPS) is 15.1. The van der Waals surface area contributed by atoms with E-state index in [2.05, 4.69) is 37.4 Å². The lowest BCUT2D eigenvalue weighted by Crippen LogP contribution is -2.31. The van der Waals surface area contributed by atoms with Crippen LogP contribution >= 0.6 is 11.6 Å². The van der Waals surface area contributed by atoms with Crippen LogP contribution in [0.2, 0.25) is 5.02 Å². The van der Waals surface area contributed by atoms with Crippen molar-refractivity contribution >= 4 is 28.3 Å². The molecular weight excluding hydrogens is 440 g/mol. The van der Waals surface area contributed by atoms with Crippen molar-refractivity contribution in [3.8, 4) is 11.7 Å². The molecule has 0 bridgehead atoms. The van der Waals surface area contributed by atoms with E-state index in [1.165, 1.54) is 17.5 Å². The van der Waals surface area contributed by atoms with E-state index in [0.29, 0.717) is 18.2 Å². The van der Waals surface area contributed by atoms with Gasteiger partial charge in [0.1, 0.15) is 10.8 Å². The molecule has 0 spiro atoms. The van der Waals surface area contributed by atoms with Crippen LogP contribution in [0.4, 0.5) is 5.69 Å². The number of hydrogen-bond acceptors (Lipinski definition) is 6. The van der Waals surface area contributed by atoms with Gasteiger partial charge in [0.15, 0.2) is 0 Å². The Balaban J connectivity index is 1.40. The van der Waals surface area contributed by atoms with E-state index in [1.807, 2.05) is 36.4 Å². The minimum atomic E-state index is -0.431. The number of nitrogens with one attached hydrogen (secondary N) is 2. The first-order valence-corrected chi connectivity index (χ1v) is 11.4. The summed E-state index contributed by atoms with van der Waals surface area (Å²) < 4.78 is 6.61. The first-order valence-electron chi connectivity index (χ1n) is 11.0. The van der Waals surface area contributed by atoms with Crippen LogP contribution < -0.4 is 15.6 Å². The zero-order chi connectivity index (χ0) is 22.8. The lowest BCUT2D eigenvalue weighted by atomic mass is 10.0. The summed E-state index contributed by atoms with van der Waals surface area (Å²) in [4.78, 5) is 23.0. The average Bonchev–Trinajstić information content (AvgIpc) is 3.52. The topological polar surface area (TPSA) is 88.1 Å². The first kappa shape index (κ1) is 21.5. The molecule has 1 saturated heterocycles. The molecule has 2 N–H and O–H groups in total. The van der Waals surface area contributed by atoms with Crippen molar-refractivity contribution in [2.24, 2.45) is 0 Å². The van der Waals surface area contributed by atoms with Gasteiger partial charge in [-0.15, -0.1) is 0 Å². The summed E-state index contributed by atoms with van der Waals surface area (Å²) in [5.74, 6) is 1.16. The van der Waals surface area contributed by atoms with Crippen LogP contribution in [0.5, 0.6) is 5.75 Å². The van der Waals surface area contributed by atoms with E-state index >= 15 is 0 Å². The van der Waals surface area contributed by atoms with Gasteiger partial charge in [0, 0.05) is 6.54 Å². The average molecular weight is 465 g/mol. The van der Waals surface area contributed by atoms with Gasteiger partial charge in [0.05, 0.1) is 36.1 Å². The fourth-order valence-corrected chi connectivity index (χ4v) is 4.51. The number of fused-ring (bicyclic) bond motifs is 1. The van der Waals surface area contributed by atoms with E-state index in [1.54, 1.807) is 13.3 Å². The van der Waals surface area contributed by atoms with E-state index in [-0.39, 0.29) is 11.1 Å². The van der Waals surface area contributed by atoms with Gasteiger partial charge in [-0.3, -0.25) is 9.69 Å². The minimum absolute atomic E-state index is 0.0799. The third-order valence-electron chi connectivity index (χ3n) is 6.04. The number of para-hydroxylation sites is 2. The molecule has 4 aromatic rings. The maximum atomic E-state index is 13.0. The lowest BCUT2D eigenvalue weighted by Gasteiger charge is -2.29. The summed E-state index contributed by atoms with van der Waals surface area (Å²) in [6.07, 6.45) is 3.93. The summed E-state index contributed by atoms with van der Waals surface area (Å²) >= 11 is 6.47. The Labute approximate surface area is 196 Å². The van der Waals surface area contributed by atoms with E-state index < -0.39 is 5.56 Å². The first-order chi connectivity index (χ1) is 16.1. The van der Waals surface area contributed by atoms with Crippen LogP contribution in [0.25, 0.3) is 17.0 Å². The molecule has 2 aromatic heterocycles. The van der Waals surface area contributed by atoms with Gasteiger partial charge < -0.3 is 15.0 Å². The second kappa shape index (κ2) is 9.25. The van der Waals surface area contributed by atoms with Crippen LogP contribution in [0.15, 0.2) is 59.5 Å². The number of imidazole rings is 1. The van der Waals surface area contributed by atoms with Gasteiger partial charge in [0.2, 0.25) is 5.95 Å². The molecule has 1 aliphatic heterocycles. The zero-order valence-electron chi connectivity index (χ0n) is 18.3. The van der Waals surface area contributed by atoms with Crippen molar-refractivity contribution in [1.29, 1.82) is 0 Å². The van der Waals surface area contributed by atoms with Gasteiger partial charge in [0.25, 0.3) is 5.56 Å². The van der Waals surface area contributed by atoms with Crippen LogP contribution in [0.1, 0.15) is 24.4 Å². The number of nitrogens with zero attached hydrogens (tertiary/aromatic N) is 4. The van der Waals surface area contributed by atoms with Crippen molar-refractivity contribution in [2.45, 2.75) is 18.9 Å². The van der Waals surface area contributed by atoms with E-state index in [9.17, 15) is 4.79 Å². The van der Waals surface area contributed by atoms with Gasteiger partial charge >= 0.3 is 0 Å². The number of aromatic amines is 1. The van der Waals surface area contributed by atoms with Crippen molar-refractivity contribution < 1.29 is 4.74 Å². The molecule has 9 heteroatoms. The Bertz CT molecular complexity index is 1300. The third kappa shape index (κ3) is 4.31. The van der Waals surface area contributed by atoms with Crippen LogP contribution in [0, 0.1) is 0 Å². The Morgan fingerprint density at radius 3 is 2.79 bits per heavy atom. The molecule has 1 atom stereocenters. The number of aromatic nitrogens is 4. The zero-order valence-corrected chi connectivity index (χ0v) is 19.0. The largest absolute Gasteiger partial charge is 0.497 e. The Hall–Kier alpha value is -3.36. The number of methoxy groups -OCH3 is 1. The fourth-order valence-electron chi connectivity index (χ4n) is 4.31. The summed E-state index contributed by atoms with van der Waals surface area (Å²) in [6.45, 7) is 2.65. The maximum Gasteiger partial charge on any atom is 0.295 e. The maximum absolute atomic E-state index is 13.0. The molecule has 170 valence electrons. The van der Waals surface area contributed by atoms with Gasteiger partial charge in [-0.25, -0.2) is 4.98 Å². The predicted molar refractivity (Wildman–Crippen MR) is 130 cm³/mol. The molecule has 8 nitrogen and oxygen atoms in total. The quantitative estimate of drug-likeness (QED) is 0.429. The number of H-pyrrole nitrogens is 1. The van der Waals surface area contributed by atoms with E-state index in [0.717, 1.165) is 35.4 Å². The molecule has 33 heavy (non-hydrogen) atoms. The molecule has 2 aromatic carbocycles. The fraction of sp³-hybridized carbons (Fsp3) is 0.292. The molecule has 0 radical (unpaired) electrons. The number of benzene rings is 2. The highest BCUT2D eigenvalue weighted by Gasteiger charge is 2.24. The molecular formula is C24H25ClN6O2. The number of halogens is 1. The summed E-state index contributed by atoms with van der Waals surface area (Å²) in [5.41, 5.74) is 2.81. The second-order valence-electron chi connectivity index (χ2n) is 8.08. The SMILES string of the molecule is COc1cccc(C(CNc2cnn(-c3nc4ccccc4[nH]3)c(=O)c2Cl)N2CCCC2)c1. The molecule has 0 amide bonds.